The lowest BCUT2D eigenvalue weighted by molar-refractivity contribution is 0.102. The lowest BCUT2D eigenvalue weighted by Gasteiger charge is -2.00. The molecule has 1 amide bonds. The topological polar surface area (TPSA) is 89.9 Å². The van der Waals surface area contributed by atoms with Crippen LogP contribution in [0.4, 0.5) is 5.13 Å². The first-order chi connectivity index (χ1) is 10.8. The molecular formula is C14H11N5O2S. The average molecular weight is 313 g/mol. The molecule has 0 fully saturated rings. The lowest BCUT2D eigenvalue weighted by atomic mass is 10.2. The summed E-state index contributed by atoms with van der Waals surface area (Å²) in [6, 6.07) is 7.45. The van der Waals surface area contributed by atoms with E-state index < -0.39 is 0 Å². The first-order valence-corrected chi connectivity index (χ1v) is 7.13. The van der Waals surface area contributed by atoms with Crippen molar-refractivity contribution in [1.82, 2.24) is 20.2 Å². The molecule has 8 heteroatoms. The SMILES string of the molecule is COc1ccc(-c2nnc(NC(=O)c3cnccn3)s2)cc1. The minimum atomic E-state index is -0.370. The van der Waals surface area contributed by atoms with Gasteiger partial charge >= 0.3 is 0 Å². The summed E-state index contributed by atoms with van der Waals surface area (Å²) in [5.41, 5.74) is 1.13. The van der Waals surface area contributed by atoms with Gasteiger partial charge in [-0.25, -0.2) is 4.98 Å². The molecule has 0 aliphatic heterocycles. The third kappa shape index (κ3) is 3.07. The minimum absolute atomic E-state index is 0.226. The van der Waals surface area contributed by atoms with Crippen molar-refractivity contribution < 1.29 is 9.53 Å². The Kier molecular flexibility index (Phi) is 4.01. The summed E-state index contributed by atoms with van der Waals surface area (Å²) in [5, 5.41) is 11.8. The maximum Gasteiger partial charge on any atom is 0.277 e. The second-order valence-corrected chi connectivity index (χ2v) is 5.16. The van der Waals surface area contributed by atoms with Crippen LogP contribution in [0.3, 0.4) is 0 Å². The van der Waals surface area contributed by atoms with Crippen LogP contribution in [0.2, 0.25) is 0 Å². The summed E-state index contributed by atoms with van der Waals surface area (Å²) in [5.74, 6) is 0.398. The molecule has 2 heterocycles. The van der Waals surface area contributed by atoms with Gasteiger partial charge in [-0.1, -0.05) is 11.3 Å². The third-order valence-electron chi connectivity index (χ3n) is 2.78. The van der Waals surface area contributed by atoms with E-state index in [4.69, 9.17) is 4.74 Å². The minimum Gasteiger partial charge on any atom is -0.497 e. The number of nitrogens with one attached hydrogen (secondary N) is 1. The molecule has 0 spiro atoms. The summed E-state index contributed by atoms with van der Waals surface area (Å²) in [6.07, 6.45) is 4.35. The number of ether oxygens (including phenoxy) is 1. The lowest BCUT2D eigenvalue weighted by Crippen LogP contribution is -2.13. The van der Waals surface area contributed by atoms with Crippen molar-refractivity contribution in [3.8, 4) is 16.3 Å². The van der Waals surface area contributed by atoms with Gasteiger partial charge in [0, 0.05) is 18.0 Å². The molecule has 1 N–H and O–H groups in total. The van der Waals surface area contributed by atoms with Gasteiger partial charge in [0.1, 0.15) is 16.5 Å². The van der Waals surface area contributed by atoms with Gasteiger partial charge in [-0.05, 0) is 24.3 Å². The van der Waals surface area contributed by atoms with Gasteiger partial charge in [-0.2, -0.15) is 0 Å². The number of carbonyl (C=O) groups excluding carboxylic acids is 1. The monoisotopic (exact) mass is 313 g/mol. The van der Waals surface area contributed by atoms with Crippen LogP contribution >= 0.6 is 11.3 Å². The molecule has 0 bridgehead atoms. The van der Waals surface area contributed by atoms with Crippen molar-refractivity contribution in [3.63, 3.8) is 0 Å². The maximum atomic E-state index is 12.0. The summed E-state index contributed by atoms with van der Waals surface area (Å²) >= 11 is 1.28. The largest absolute Gasteiger partial charge is 0.497 e. The number of benzene rings is 1. The van der Waals surface area contributed by atoms with Crippen LogP contribution in [0.5, 0.6) is 5.75 Å². The van der Waals surface area contributed by atoms with Crippen LogP contribution in [0, 0.1) is 0 Å². The zero-order valence-corrected chi connectivity index (χ0v) is 12.4. The number of amides is 1. The van der Waals surface area contributed by atoms with E-state index >= 15 is 0 Å². The Morgan fingerprint density at radius 1 is 1.18 bits per heavy atom. The van der Waals surface area contributed by atoms with Crippen molar-refractivity contribution in [2.24, 2.45) is 0 Å². The third-order valence-corrected chi connectivity index (χ3v) is 3.67. The highest BCUT2D eigenvalue weighted by Gasteiger charge is 2.12. The van der Waals surface area contributed by atoms with Crippen molar-refractivity contribution in [3.05, 3.63) is 48.5 Å². The van der Waals surface area contributed by atoms with E-state index in [0.717, 1.165) is 11.3 Å². The predicted molar refractivity (Wildman–Crippen MR) is 81.9 cm³/mol. The van der Waals surface area contributed by atoms with Crippen LogP contribution in [-0.4, -0.2) is 33.2 Å². The van der Waals surface area contributed by atoms with E-state index in [0.29, 0.717) is 10.1 Å². The normalized spacial score (nSPS) is 10.2. The first kappa shape index (κ1) is 14.1. The molecule has 1 aromatic carbocycles. The van der Waals surface area contributed by atoms with Crippen LogP contribution in [0.15, 0.2) is 42.9 Å². The fourth-order valence-electron chi connectivity index (χ4n) is 1.70. The van der Waals surface area contributed by atoms with Crippen molar-refractivity contribution in [2.75, 3.05) is 12.4 Å². The summed E-state index contributed by atoms with van der Waals surface area (Å²) < 4.78 is 5.11. The van der Waals surface area contributed by atoms with Crippen LogP contribution in [0.25, 0.3) is 10.6 Å². The highest BCUT2D eigenvalue weighted by Crippen LogP contribution is 2.27. The summed E-state index contributed by atoms with van der Waals surface area (Å²) in [6.45, 7) is 0. The Balaban J connectivity index is 1.74. The van der Waals surface area contributed by atoms with Gasteiger partial charge in [0.05, 0.1) is 13.3 Å². The number of hydrogen-bond donors (Lipinski definition) is 1. The zero-order valence-electron chi connectivity index (χ0n) is 11.6. The van der Waals surface area contributed by atoms with Crippen LogP contribution < -0.4 is 10.1 Å². The fourth-order valence-corrected chi connectivity index (χ4v) is 2.45. The zero-order chi connectivity index (χ0) is 15.4. The number of rotatable bonds is 4. The average Bonchev–Trinajstić information content (AvgIpc) is 3.04. The molecule has 3 rings (SSSR count). The highest BCUT2D eigenvalue weighted by molar-refractivity contribution is 7.18. The Bertz CT molecular complexity index is 773. The number of carbonyl (C=O) groups is 1. The molecule has 7 nitrogen and oxygen atoms in total. The van der Waals surface area contributed by atoms with Gasteiger partial charge in [-0.15, -0.1) is 10.2 Å². The van der Waals surface area contributed by atoms with E-state index in [1.807, 2.05) is 24.3 Å². The van der Waals surface area contributed by atoms with E-state index in [9.17, 15) is 4.79 Å². The molecule has 0 unspecified atom stereocenters. The smallest absolute Gasteiger partial charge is 0.277 e. The molecule has 0 aliphatic rings. The van der Waals surface area contributed by atoms with Gasteiger partial charge in [0.15, 0.2) is 0 Å². The molecule has 0 aliphatic carbocycles. The molecule has 0 saturated carbocycles. The first-order valence-electron chi connectivity index (χ1n) is 6.31. The number of aromatic nitrogens is 4. The number of hydrogen-bond acceptors (Lipinski definition) is 7. The number of methoxy groups -OCH3 is 1. The van der Waals surface area contributed by atoms with Crippen LogP contribution in [0.1, 0.15) is 10.5 Å². The Hall–Kier alpha value is -2.87. The van der Waals surface area contributed by atoms with Crippen LogP contribution in [-0.2, 0) is 0 Å². The predicted octanol–water partition coefficient (Wildman–Crippen LogP) is 2.26. The molecular weight excluding hydrogens is 302 g/mol. The van der Waals surface area contributed by atoms with E-state index in [1.165, 1.54) is 29.9 Å². The molecule has 110 valence electrons. The fraction of sp³-hybridized carbons (Fsp3) is 0.0714. The van der Waals surface area contributed by atoms with Gasteiger partial charge in [0.25, 0.3) is 5.91 Å². The molecule has 2 aromatic heterocycles. The Morgan fingerprint density at radius 2 is 2.00 bits per heavy atom. The summed E-state index contributed by atoms with van der Waals surface area (Å²) in [7, 11) is 1.61. The molecule has 22 heavy (non-hydrogen) atoms. The standard InChI is InChI=1S/C14H11N5O2S/c1-21-10-4-2-9(3-5-10)13-18-19-14(22-13)17-12(20)11-8-15-6-7-16-11/h2-8H,1H3,(H,17,19,20). The van der Waals surface area contributed by atoms with E-state index in [-0.39, 0.29) is 11.6 Å². The number of nitrogens with zero attached hydrogens (tertiary/aromatic N) is 4. The number of anilines is 1. The Labute approximate surface area is 130 Å². The molecule has 0 saturated heterocycles. The molecule has 0 radical (unpaired) electrons. The molecule has 0 atom stereocenters. The van der Waals surface area contributed by atoms with Gasteiger partial charge < -0.3 is 4.74 Å². The quantitative estimate of drug-likeness (QED) is 0.794. The van der Waals surface area contributed by atoms with Crippen molar-refractivity contribution in [1.29, 1.82) is 0 Å². The van der Waals surface area contributed by atoms with Gasteiger partial charge in [0.2, 0.25) is 5.13 Å². The van der Waals surface area contributed by atoms with E-state index in [1.54, 1.807) is 7.11 Å². The molecule has 3 aromatic rings. The van der Waals surface area contributed by atoms with E-state index in [2.05, 4.69) is 25.5 Å². The summed E-state index contributed by atoms with van der Waals surface area (Å²) in [4.78, 5) is 19.7. The highest BCUT2D eigenvalue weighted by atomic mass is 32.1. The second-order valence-electron chi connectivity index (χ2n) is 4.19. The second kappa shape index (κ2) is 6.27. The van der Waals surface area contributed by atoms with Crippen molar-refractivity contribution >= 4 is 22.4 Å². The maximum absolute atomic E-state index is 12.0. The van der Waals surface area contributed by atoms with Crippen molar-refractivity contribution in [2.45, 2.75) is 0 Å². The van der Waals surface area contributed by atoms with Gasteiger partial charge in [-0.3, -0.25) is 15.1 Å². The Morgan fingerprint density at radius 3 is 2.68 bits per heavy atom.